The molecule has 2 aromatic rings. The van der Waals surface area contributed by atoms with Crippen molar-refractivity contribution in [3.8, 4) is 0 Å². The van der Waals surface area contributed by atoms with E-state index in [0.29, 0.717) is 18.2 Å². The summed E-state index contributed by atoms with van der Waals surface area (Å²) in [5, 5.41) is 0.0260. The first kappa shape index (κ1) is 13.6. The van der Waals surface area contributed by atoms with Crippen molar-refractivity contribution >= 4 is 27.4 Å². The van der Waals surface area contributed by atoms with Crippen LogP contribution in [0.5, 0.6) is 0 Å². The molecule has 0 radical (unpaired) electrons. The highest BCUT2D eigenvalue weighted by Crippen LogP contribution is 2.18. The van der Waals surface area contributed by atoms with Crippen molar-refractivity contribution in [2.24, 2.45) is 0 Å². The molecule has 1 N–H and O–H groups in total. The molecule has 0 aliphatic carbocycles. The van der Waals surface area contributed by atoms with Gasteiger partial charge in [-0.25, -0.2) is 27.2 Å². The van der Waals surface area contributed by atoms with Gasteiger partial charge in [-0.3, -0.25) is 4.72 Å². The Morgan fingerprint density at radius 2 is 1.68 bits per heavy atom. The van der Waals surface area contributed by atoms with E-state index in [4.69, 9.17) is 11.6 Å². The zero-order valence-corrected chi connectivity index (χ0v) is 10.7. The largest absolute Gasteiger partial charge is 0.263 e. The molecule has 0 amide bonds. The molecule has 2 rings (SSSR count). The molecule has 5 nitrogen and oxygen atoms in total. The average molecular weight is 306 g/mol. The number of hydrogen-bond acceptors (Lipinski definition) is 4. The first-order valence-electron chi connectivity index (χ1n) is 4.83. The van der Waals surface area contributed by atoms with Gasteiger partial charge in [0.05, 0.1) is 4.90 Å². The van der Waals surface area contributed by atoms with Gasteiger partial charge in [-0.1, -0.05) is 11.6 Å². The monoisotopic (exact) mass is 305 g/mol. The molecule has 1 heterocycles. The minimum atomic E-state index is -4.15. The zero-order chi connectivity index (χ0) is 14.0. The molecule has 0 atom stereocenters. The van der Waals surface area contributed by atoms with Crippen LogP contribution in [0.1, 0.15) is 0 Å². The second-order valence-electron chi connectivity index (χ2n) is 3.44. The fourth-order valence-corrected chi connectivity index (χ4v) is 2.46. The number of benzene rings is 1. The summed E-state index contributed by atoms with van der Waals surface area (Å²) in [6, 6.07) is 3.11. The van der Waals surface area contributed by atoms with Crippen molar-refractivity contribution < 1.29 is 17.2 Å². The Kier molecular flexibility index (Phi) is 3.63. The summed E-state index contributed by atoms with van der Waals surface area (Å²) in [7, 11) is -4.15. The quantitative estimate of drug-likeness (QED) is 0.883. The van der Waals surface area contributed by atoms with Crippen molar-refractivity contribution in [2.45, 2.75) is 4.90 Å². The molecule has 1 aromatic carbocycles. The third-order valence-corrected chi connectivity index (χ3v) is 3.56. The van der Waals surface area contributed by atoms with Crippen LogP contribution in [0.25, 0.3) is 0 Å². The Hall–Kier alpha value is -1.80. The molecule has 9 heteroatoms. The maximum Gasteiger partial charge on any atom is 0.263 e. The Labute approximate surface area is 112 Å². The summed E-state index contributed by atoms with van der Waals surface area (Å²) >= 11 is 5.56. The van der Waals surface area contributed by atoms with E-state index in [2.05, 4.69) is 9.97 Å². The van der Waals surface area contributed by atoms with E-state index in [1.807, 2.05) is 4.72 Å². The standard InChI is InChI=1S/C10H6ClF2N3O2S/c11-9-4-10(15-5-14-9)16-19(17,18)8-2-6(12)1-7(13)3-8/h1-5H,(H,14,15,16). The SMILES string of the molecule is O=S(=O)(Nc1cc(Cl)ncn1)c1cc(F)cc(F)c1. The van der Waals surface area contributed by atoms with E-state index in [1.54, 1.807) is 0 Å². The smallest absolute Gasteiger partial charge is 0.263 e. The fraction of sp³-hybridized carbons (Fsp3) is 0. The van der Waals surface area contributed by atoms with Crippen molar-refractivity contribution in [2.75, 3.05) is 4.72 Å². The topological polar surface area (TPSA) is 72.0 Å². The second-order valence-corrected chi connectivity index (χ2v) is 5.51. The molecule has 19 heavy (non-hydrogen) atoms. The van der Waals surface area contributed by atoms with Crippen LogP contribution in [0.15, 0.2) is 35.5 Å². The number of nitrogens with one attached hydrogen (secondary N) is 1. The fourth-order valence-electron chi connectivity index (χ4n) is 1.27. The van der Waals surface area contributed by atoms with Crippen LogP contribution < -0.4 is 4.72 Å². The molecule has 0 saturated heterocycles. The van der Waals surface area contributed by atoms with Crippen LogP contribution in [-0.4, -0.2) is 18.4 Å². The number of hydrogen-bond donors (Lipinski definition) is 1. The highest BCUT2D eigenvalue weighted by molar-refractivity contribution is 7.92. The maximum absolute atomic E-state index is 13.0. The number of anilines is 1. The van der Waals surface area contributed by atoms with Gasteiger partial charge in [-0.05, 0) is 12.1 Å². The summed E-state index contributed by atoms with van der Waals surface area (Å²) in [6.45, 7) is 0. The van der Waals surface area contributed by atoms with Crippen molar-refractivity contribution in [1.29, 1.82) is 0 Å². The highest BCUT2D eigenvalue weighted by atomic mass is 35.5. The number of sulfonamides is 1. The zero-order valence-electron chi connectivity index (χ0n) is 9.14. The van der Waals surface area contributed by atoms with E-state index in [-0.39, 0.29) is 11.0 Å². The maximum atomic E-state index is 13.0. The van der Waals surface area contributed by atoms with E-state index in [9.17, 15) is 17.2 Å². The molecule has 0 bridgehead atoms. The molecule has 0 unspecified atom stereocenters. The second kappa shape index (κ2) is 5.06. The van der Waals surface area contributed by atoms with E-state index in [0.717, 1.165) is 12.4 Å². The van der Waals surface area contributed by atoms with Gasteiger partial charge in [0.1, 0.15) is 28.9 Å². The third-order valence-electron chi connectivity index (χ3n) is 2.02. The van der Waals surface area contributed by atoms with Gasteiger partial charge >= 0.3 is 0 Å². The average Bonchev–Trinajstić information content (AvgIpc) is 2.26. The summed E-state index contributed by atoms with van der Waals surface area (Å²) in [5.74, 6) is -2.10. The lowest BCUT2D eigenvalue weighted by molar-refractivity contribution is 0.568. The molecule has 0 saturated carbocycles. The number of aromatic nitrogens is 2. The predicted octanol–water partition coefficient (Wildman–Crippen LogP) is 2.21. The predicted molar refractivity (Wildman–Crippen MR) is 64.2 cm³/mol. The number of halogens is 3. The molecule has 0 fully saturated rings. The molecule has 0 aliphatic rings. The van der Waals surface area contributed by atoms with Crippen LogP contribution in [0, 0.1) is 11.6 Å². The number of rotatable bonds is 3. The Morgan fingerprint density at radius 3 is 2.26 bits per heavy atom. The van der Waals surface area contributed by atoms with E-state index >= 15 is 0 Å². The van der Waals surface area contributed by atoms with Gasteiger partial charge in [0.15, 0.2) is 0 Å². The molecule has 1 aromatic heterocycles. The van der Waals surface area contributed by atoms with Crippen LogP contribution in [-0.2, 0) is 10.0 Å². The third kappa shape index (κ3) is 3.36. The lowest BCUT2D eigenvalue weighted by atomic mass is 10.3. The minimum absolute atomic E-state index is 0.0260. The molecular weight excluding hydrogens is 300 g/mol. The Balaban J connectivity index is 2.37. The van der Waals surface area contributed by atoms with Crippen LogP contribution in [0.4, 0.5) is 14.6 Å². The van der Waals surface area contributed by atoms with E-state index in [1.165, 1.54) is 0 Å². The van der Waals surface area contributed by atoms with Gasteiger partial charge in [-0.2, -0.15) is 0 Å². The summed E-state index contributed by atoms with van der Waals surface area (Å²) in [4.78, 5) is 6.64. The minimum Gasteiger partial charge on any atom is -0.263 e. The Morgan fingerprint density at radius 1 is 1.05 bits per heavy atom. The van der Waals surface area contributed by atoms with Crippen molar-refractivity contribution in [3.63, 3.8) is 0 Å². The van der Waals surface area contributed by atoms with Gasteiger partial charge in [0, 0.05) is 12.1 Å². The molecule has 0 aliphatic heterocycles. The van der Waals surface area contributed by atoms with Crippen LogP contribution in [0.2, 0.25) is 5.15 Å². The molecular formula is C10H6ClF2N3O2S. The normalized spacial score (nSPS) is 11.3. The van der Waals surface area contributed by atoms with E-state index < -0.39 is 26.6 Å². The summed E-state index contributed by atoms with van der Waals surface area (Å²) in [6.07, 6.45) is 1.05. The van der Waals surface area contributed by atoms with Crippen LogP contribution >= 0.6 is 11.6 Å². The lowest BCUT2D eigenvalue weighted by Crippen LogP contribution is -2.14. The number of nitrogens with zero attached hydrogens (tertiary/aromatic N) is 2. The summed E-state index contributed by atoms with van der Waals surface area (Å²) < 4.78 is 51.7. The van der Waals surface area contributed by atoms with Gasteiger partial charge in [0.25, 0.3) is 10.0 Å². The van der Waals surface area contributed by atoms with Gasteiger partial charge in [-0.15, -0.1) is 0 Å². The van der Waals surface area contributed by atoms with Gasteiger partial charge in [0.2, 0.25) is 0 Å². The Bertz CT molecular complexity index is 704. The first-order valence-corrected chi connectivity index (χ1v) is 6.69. The first-order chi connectivity index (χ1) is 8.87. The lowest BCUT2D eigenvalue weighted by Gasteiger charge is -2.07. The van der Waals surface area contributed by atoms with Crippen molar-refractivity contribution in [3.05, 3.63) is 47.4 Å². The highest BCUT2D eigenvalue weighted by Gasteiger charge is 2.17. The molecule has 100 valence electrons. The van der Waals surface area contributed by atoms with Crippen molar-refractivity contribution in [1.82, 2.24) is 9.97 Å². The summed E-state index contributed by atoms with van der Waals surface area (Å²) in [5.41, 5.74) is 0. The van der Waals surface area contributed by atoms with Gasteiger partial charge < -0.3 is 0 Å². The van der Waals surface area contributed by atoms with Crippen LogP contribution in [0.3, 0.4) is 0 Å². The molecule has 0 spiro atoms.